The number of piperazine rings is 1. The summed E-state index contributed by atoms with van der Waals surface area (Å²) in [6.45, 7) is 5.07. The van der Waals surface area contributed by atoms with Crippen LogP contribution in [-0.4, -0.2) is 79.4 Å². The summed E-state index contributed by atoms with van der Waals surface area (Å²) >= 11 is 0. The number of ether oxygens (including phenoxy) is 1. The summed E-state index contributed by atoms with van der Waals surface area (Å²) in [5, 5.41) is 0. The first-order valence-electron chi connectivity index (χ1n) is 8.61. The van der Waals surface area contributed by atoms with Gasteiger partial charge in [-0.2, -0.15) is 0 Å². The van der Waals surface area contributed by atoms with Crippen molar-refractivity contribution in [3.63, 3.8) is 0 Å². The van der Waals surface area contributed by atoms with Gasteiger partial charge in [0, 0.05) is 44.8 Å². The van der Waals surface area contributed by atoms with Crippen LogP contribution in [-0.2, 0) is 4.79 Å². The summed E-state index contributed by atoms with van der Waals surface area (Å²) in [6.07, 6.45) is 2.24. The Kier molecular flexibility index (Phi) is 5.35. The number of carbonyl (C=O) groups excluding carboxylic acids is 2. The third-order valence-electron chi connectivity index (χ3n) is 4.79. The molecule has 24 heavy (non-hydrogen) atoms. The molecular weight excluding hydrogens is 306 g/mol. The third kappa shape index (κ3) is 3.87. The van der Waals surface area contributed by atoms with Crippen molar-refractivity contribution in [2.45, 2.75) is 12.8 Å². The van der Waals surface area contributed by atoms with Gasteiger partial charge in [-0.15, -0.1) is 0 Å². The zero-order valence-electron chi connectivity index (χ0n) is 14.2. The first-order valence-corrected chi connectivity index (χ1v) is 8.61. The molecule has 1 aromatic rings. The second-order valence-electron chi connectivity index (χ2n) is 6.39. The molecule has 3 rings (SSSR count). The van der Waals surface area contributed by atoms with Crippen LogP contribution in [0.3, 0.4) is 0 Å². The fourth-order valence-electron chi connectivity index (χ4n) is 3.31. The second-order valence-corrected chi connectivity index (χ2v) is 6.39. The van der Waals surface area contributed by atoms with Crippen molar-refractivity contribution in [3.05, 3.63) is 29.8 Å². The normalized spacial score (nSPS) is 18.7. The first kappa shape index (κ1) is 16.8. The molecule has 0 atom stereocenters. The quantitative estimate of drug-likeness (QED) is 0.828. The molecule has 0 unspecified atom stereocenters. The lowest BCUT2D eigenvalue weighted by Gasteiger charge is -2.35. The van der Waals surface area contributed by atoms with E-state index in [-0.39, 0.29) is 11.8 Å². The third-order valence-corrected chi connectivity index (χ3v) is 4.79. The van der Waals surface area contributed by atoms with Gasteiger partial charge in [0.15, 0.2) is 0 Å². The lowest BCUT2D eigenvalue weighted by molar-refractivity contribution is -0.131. The number of carbonyl (C=O) groups is 2. The van der Waals surface area contributed by atoms with Gasteiger partial charge in [0.1, 0.15) is 5.75 Å². The van der Waals surface area contributed by atoms with Gasteiger partial charge in [-0.3, -0.25) is 14.5 Å². The van der Waals surface area contributed by atoms with Crippen LogP contribution in [0.2, 0.25) is 0 Å². The van der Waals surface area contributed by atoms with Gasteiger partial charge in [-0.25, -0.2) is 0 Å². The van der Waals surface area contributed by atoms with Crippen molar-refractivity contribution in [2.24, 2.45) is 0 Å². The van der Waals surface area contributed by atoms with Gasteiger partial charge in [0.2, 0.25) is 5.91 Å². The van der Waals surface area contributed by atoms with Crippen molar-refractivity contribution in [1.82, 2.24) is 14.7 Å². The number of benzene rings is 1. The minimum absolute atomic E-state index is 0.0272. The summed E-state index contributed by atoms with van der Waals surface area (Å²) in [5.41, 5.74) is 0.649. The molecule has 2 saturated heterocycles. The predicted molar refractivity (Wildman–Crippen MR) is 91.2 cm³/mol. The van der Waals surface area contributed by atoms with E-state index in [1.807, 2.05) is 28.0 Å². The maximum atomic E-state index is 12.6. The Hall–Kier alpha value is -2.08. The van der Waals surface area contributed by atoms with Gasteiger partial charge in [0.05, 0.1) is 13.7 Å². The standard InChI is InChI=1S/C18H25N3O3/c1-24-16-6-4-5-15(13-16)18(23)21-11-9-19(10-12-21)14-17(22)20-7-2-3-8-20/h4-6,13H,2-3,7-12,14H2,1H3. The van der Waals surface area contributed by atoms with Crippen molar-refractivity contribution in [3.8, 4) is 5.75 Å². The van der Waals surface area contributed by atoms with Crippen LogP contribution in [0.15, 0.2) is 24.3 Å². The molecule has 1 aromatic carbocycles. The highest BCUT2D eigenvalue weighted by Crippen LogP contribution is 2.16. The summed E-state index contributed by atoms with van der Waals surface area (Å²) in [4.78, 5) is 30.7. The number of methoxy groups -OCH3 is 1. The largest absolute Gasteiger partial charge is 0.497 e. The van der Waals surface area contributed by atoms with Crippen molar-refractivity contribution in [2.75, 3.05) is 52.9 Å². The molecule has 2 aliphatic heterocycles. The van der Waals surface area contributed by atoms with E-state index in [0.29, 0.717) is 30.9 Å². The van der Waals surface area contributed by atoms with E-state index < -0.39 is 0 Å². The average molecular weight is 331 g/mol. The van der Waals surface area contributed by atoms with E-state index in [0.717, 1.165) is 39.0 Å². The zero-order chi connectivity index (χ0) is 16.9. The van der Waals surface area contributed by atoms with E-state index in [9.17, 15) is 9.59 Å². The van der Waals surface area contributed by atoms with Crippen molar-refractivity contribution < 1.29 is 14.3 Å². The van der Waals surface area contributed by atoms with Crippen LogP contribution in [0, 0.1) is 0 Å². The van der Waals surface area contributed by atoms with Crippen LogP contribution in [0.5, 0.6) is 5.75 Å². The molecule has 6 heteroatoms. The maximum Gasteiger partial charge on any atom is 0.254 e. The molecule has 0 aliphatic carbocycles. The average Bonchev–Trinajstić information content (AvgIpc) is 3.16. The monoisotopic (exact) mass is 331 g/mol. The molecule has 2 heterocycles. The van der Waals surface area contributed by atoms with Gasteiger partial charge in [-0.05, 0) is 31.0 Å². The molecular formula is C18H25N3O3. The topological polar surface area (TPSA) is 53.1 Å². The molecule has 0 saturated carbocycles. The fraction of sp³-hybridized carbons (Fsp3) is 0.556. The summed E-state index contributed by atoms with van der Waals surface area (Å²) in [6, 6.07) is 7.25. The molecule has 2 amide bonds. The highest BCUT2D eigenvalue weighted by Gasteiger charge is 2.25. The Balaban J connectivity index is 1.50. The van der Waals surface area contributed by atoms with Gasteiger partial charge in [-0.1, -0.05) is 6.07 Å². The van der Waals surface area contributed by atoms with Crippen molar-refractivity contribution >= 4 is 11.8 Å². The lowest BCUT2D eigenvalue weighted by atomic mass is 10.1. The molecule has 2 aliphatic rings. The summed E-state index contributed by atoms with van der Waals surface area (Å²) < 4.78 is 5.18. The lowest BCUT2D eigenvalue weighted by Crippen LogP contribution is -2.51. The first-order chi connectivity index (χ1) is 11.7. The van der Waals surface area contributed by atoms with E-state index in [4.69, 9.17) is 4.74 Å². The molecule has 0 aromatic heterocycles. The predicted octanol–water partition coefficient (Wildman–Crippen LogP) is 1.08. The number of rotatable bonds is 4. The van der Waals surface area contributed by atoms with Crippen LogP contribution < -0.4 is 4.74 Å². The zero-order valence-corrected chi connectivity index (χ0v) is 14.2. The molecule has 130 valence electrons. The van der Waals surface area contributed by atoms with Crippen LogP contribution in [0.25, 0.3) is 0 Å². The number of hydrogen-bond acceptors (Lipinski definition) is 4. The smallest absolute Gasteiger partial charge is 0.254 e. The minimum Gasteiger partial charge on any atom is -0.497 e. The Morgan fingerprint density at radius 2 is 1.71 bits per heavy atom. The number of nitrogens with zero attached hydrogens (tertiary/aromatic N) is 3. The molecule has 0 radical (unpaired) electrons. The fourth-order valence-corrected chi connectivity index (χ4v) is 3.31. The molecule has 6 nitrogen and oxygen atoms in total. The van der Waals surface area contributed by atoms with Crippen LogP contribution in [0.1, 0.15) is 23.2 Å². The van der Waals surface area contributed by atoms with E-state index in [2.05, 4.69) is 4.90 Å². The van der Waals surface area contributed by atoms with Crippen molar-refractivity contribution in [1.29, 1.82) is 0 Å². The van der Waals surface area contributed by atoms with E-state index >= 15 is 0 Å². The SMILES string of the molecule is COc1cccc(C(=O)N2CCN(CC(=O)N3CCCC3)CC2)c1. The van der Waals surface area contributed by atoms with Gasteiger partial charge in [0.25, 0.3) is 5.91 Å². The highest BCUT2D eigenvalue weighted by molar-refractivity contribution is 5.94. The Morgan fingerprint density at radius 3 is 2.38 bits per heavy atom. The summed E-state index contributed by atoms with van der Waals surface area (Å²) in [5.74, 6) is 0.940. The molecule has 0 N–H and O–H groups in total. The number of likely N-dealkylation sites (tertiary alicyclic amines) is 1. The Bertz CT molecular complexity index is 591. The van der Waals surface area contributed by atoms with E-state index in [1.165, 1.54) is 0 Å². The highest BCUT2D eigenvalue weighted by atomic mass is 16.5. The number of amides is 2. The molecule has 2 fully saturated rings. The summed E-state index contributed by atoms with van der Waals surface area (Å²) in [7, 11) is 1.60. The van der Waals surface area contributed by atoms with Gasteiger partial charge >= 0.3 is 0 Å². The minimum atomic E-state index is 0.0272. The van der Waals surface area contributed by atoms with Gasteiger partial charge < -0.3 is 14.5 Å². The van der Waals surface area contributed by atoms with E-state index in [1.54, 1.807) is 13.2 Å². The number of hydrogen-bond donors (Lipinski definition) is 0. The van der Waals surface area contributed by atoms with Crippen LogP contribution >= 0.6 is 0 Å². The molecule has 0 spiro atoms. The second kappa shape index (κ2) is 7.66. The Labute approximate surface area is 143 Å². The maximum absolute atomic E-state index is 12.6. The van der Waals surface area contributed by atoms with Crippen LogP contribution in [0.4, 0.5) is 0 Å². The molecule has 0 bridgehead atoms. The Morgan fingerprint density at radius 1 is 1.00 bits per heavy atom.